The largest absolute Gasteiger partial charge is 0.480 e. The van der Waals surface area contributed by atoms with Crippen LogP contribution >= 0.6 is 11.8 Å². The molecule has 1 saturated heterocycles. The summed E-state index contributed by atoms with van der Waals surface area (Å²) in [6.45, 7) is 1.12. The molecule has 1 heterocycles. The number of likely N-dealkylation sites (tertiary alicyclic amines) is 1. The molecule has 2 aliphatic rings. The number of carboxylic acid groups (broad SMARTS) is 1. The van der Waals surface area contributed by atoms with E-state index < -0.39 is 18.1 Å². The zero-order valence-electron chi connectivity index (χ0n) is 15.2. The van der Waals surface area contributed by atoms with Crippen molar-refractivity contribution in [1.29, 1.82) is 0 Å². The molecule has 0 amide bonds. The van der Waals surface area contributed by atoms with Gasteiger partial charge < -0.3 is 15.9 Å². The van der Waals surface area contributed by atoms with E-state index in [9.17, 15) is 15.0 Å². The van der Waals surface area contributed by atoms with E-state index in [2.05, 4.69) is 0 Å². The molecule has 144 valence electrons. The lowest BCUT2D eigenvalue weighted by atomic mass is 9.73. The van der Waals surface area contributed by atoms with Crippen molar-refractivity contribution in [2.24, 2.45) is 17.6 Å². The topological polar surface area (TPSA) is 86.8 Å². The van der Waals surface area contributed by atoms with Gasteiger partial charge in [0.2, 0.25) is 0 Å². The number of hydrogen-bond donors (Lipinski definition) is 3. The summed E-state index contributed by atoms with van der Waals surface area (Å²) in [7, 11) is 0. The number of carbonyl (C=O) groups is 1. The highest BCUT2D eigenvalue weighted by Crippen LogP contribution is 2.38. The van der Waals surface area contributed by atoms with Crippen molar-refractivity contribution >= 4 is 17.7 Å². The number of β-amino-alcohol motifs (C(OH)–C–C–N with tert-alkyl or cyclic N) is 1. The molecule has 1 aromatic carbocycles. The third kappa shape index (κ3) is 5.00. The highest BCUT2D eigenvalue weighted by Gasteiger charge is 2.40. The number of aliphatic carboxylic acids is 1. The maximum absolute atomic E-state index is 11.7. The highest BCUT2D eigenvalue weighted by atomic mass is 32.2. The molecule has 0 aromatic heterocycles. The quantitative estimate of drug-likeness (QED) is 0.632. The minimum absolute atomic E-state index is 0.344. The first-order valence-corrected chi connectivity index (χ1v) is 10.6. The van der Waals surface area contributed by atoms with Crippen LogP contribution in [0, 0.1) is 11.8 Å². The lowest BCUT2D eigenvalue weighted by molar-refractivity contribution is -0.148. The highest BCUT2D eigenvalue weighted by molar-refractivity contribution is 7.99. The van der Waals surface area contributed by atoms with Gasteiger partial charge in [-0.25, -0.2) is 0 Å². The van der Waals surface area contributed by atoms with Crippen molar-refractivity contribution in [3.8, 4) is 0 Å². The van der Waals surface area contributed by atoms with Crippen LogP contribution in [0.3, 0.4) is 0 Å². The van der Waals surface area contributed by atoms with Gasteiger partial charge in [-0.2, -0.15) is 0 Å². The summed E-state index contributed by atoms with van der Waals surface area (Å²) in [5.41, 5.74) is 6.19. The molecule has 1 aromatic rings. The Bertz CT molecular complexity index is 586. The maximum atomic E-state index is 11.7. The summed E-state index contributed by atoms with van der Waals surface area (Å²) in [6, 6.07) is 9.12. The molecule has 1 aliphatic heterocycles. The molecule has 0 unspecified atom stereocenters. The summed E-state index contributed by atoms with van der Waals surface area (Å²) in [6.07, 6.45) is 4.78. The first kappa shape index (κ1) is 19.7. The average Bonchev–Trinajstić information content (AvgIpc) is 2.66. The molecule has 26 heavy (non-hydrogen) atoms. The van der Waals surface area contributed by atoms with E-state index in [0.717, 1.165) is 17.9 Å². The number of piperidine rings is 1. The number of nitrogens with zero attached hydrogens (tertiary/aromatic N) is 1. The third-order valence-electron chi connectivity index (χ3n) is 5.89. The Labute approximate surface area is 160 Å². The first-order valence-electron chi connectivity index (χ1n) is 9.63. The minimum Gasteiger partial charge on any atom is -0.480 e. The van der Waals surface area contributed by atoms with Crippen molar-refractivity contribution in [2.75, 3.05) is 18.8 Å². The van der Waals surface area contributed by atoms with Crippen LogP contribution in [-0.4, -0.2) is 58.1 Å². The van der Waals surface area contributed by atoms with Gasteiger partial charge in [-0.1, -0.05) is 37.5 Å². The second-order valence-corrected chi connectivity index (χ2v) is 8.80. The zero-order chi connectivity index (χ0) is 18.5. The molecule has 1 saturated carbocycles. The summed E-state index contributed by atoms with van der Waals surface area (Å²) in [5.74, 6) is 0.943. The molecule has 0 radical (unpaired) electrons. The number of benzene rings is 1. The second-order valence-electron chi connectivity index (χ2n) is 7.70. The van der Waals surface area contributed by atoms with Gasteiger partial charge in [-0.05, 0) is 36.8 Å². The monoisotopic (exact) mass is 378 g/mol. The van der Waals surface area contributed by atoms with Gasteiger partial charge in [0.25, 0.3) is 0 Å². The molecule has 1 aliphatic carbocycles. The van der Waals surface area contributed by atoms with Gasteiger partial charge in [0.05, 0.1) is 6.10 Å². The fraction of sp³-hybridized carbons (Fsp3) is 0.650. The van der Waals surface area contributed by atoms with E-state index >= 15 is 0 Å². The number of hydrogen-bond acceptors (Lipinski definition) is 5. The van der Waals surface area contributed by atoms with Crippen molar-refractivity contribution < 1.29 is 15.0 Å². The second kappa shape index (κ2) is 9.22. The van der Waals surface area contributed by atoms with Gasteiger partial charge in [0.1, 0.15) is 6.04 Å². The summed E-state index contributed by atoms with van der Waals surface area (Å²) in [5, 5.41) is 20.2. The number of nitrogens with two attached hydrogens (primary N) is 1. The normalized spacial score (nSPS) is 28.9. The molecule has 0 bridgehead atoms. The van der Waals surface area contributed by atoms with Crippen molar-refractivity contribution in [1.82, 2.24) is 4.90 Å². The van der Waals surface area contributed by atoms with Crippen molar-refractivity contribution in [3.63, 3.8) is 0 Å². The van der Waals surface area contributed by atoms with Crippen LogP contribution in [0.1, 0.15) is 32.1 Å². The van der Waals surface area contributed by atoms with E-state index in [1.165, 1.54) is 19.3 Å². The van der Waals surface area contributed by atoms with Crippen LogP contribution in [0.5, 0.6) is 0 Å². The fourth-order valence-corrected chi connectivity index (χ4v) is 5.31. The number of fused-ring (bicyclic) bond motifs is 1. The molecule has 0 spiro atoms. The standard InChI is InChI=1S/C20H30N2O3S/c21-17(13-26-16-8-2-1-3-9-16)19(23)12-22-11-15-7-5-4-6-14(15)10-18(22)20(24)25/h1-3,8-9,14-15,17-19,23H,4-7,10-13,21H2,(H,24,25)/t14-,15+,17-,18-,19-/m0/s1. The number of rotatable bonds is 7. The Morgan fingerprint density at radius 2 is 1.92 bits per heavy atom. The molecule has 6 heteroatoms. The maximum Gasteiger partial charge on any atom is 0.320 e. The smallest absolute Gasteiger partial charge is 0.320 e. The van der Waals surface area contributed by atoms with Gasteiger partial charge in [0, 0.05) is 29.8 Å². The van der Waals surface area contributed by atoms with Crippen molar-refractivity contribution in [2.45, 2.75) is 55.2 Å². The molecule has 2 fully saturated rings. The predicted molar refractivity (Wildman–Crippen MR) is 104 cm³/mol. The molecule has 5 nitrogen and oxygen atoms in total. The van der Waals surface area contributed by atoms with Gasteiger partial charge in [-0.15, -0.1) is 11.8 Å². The van der Waals surface area contributed by atoms with Crippen LogP contribution in [-0.2, 0) is 4.79 Å². The Morgan fingerprint density at radius 1 is 1.23 bits per heavy atom. The van der Waals surface area contributed by atoms with E-state index in [4.69, 9.17) is 5.73 Å². The summed E-state index contributed by atoms with van der Waals surface area (Å²) < 4.78 is 0. The first-order chi connectivity index (χ1) is 12.5. The molecule has 4 N–H and O–H groups in total. The van der Waals surface area contributed by atoms with Crippen LogP contribution in [0.15, 0.2) is 35.2 Å². The van der Waals surface area contributed by atoms with Gasteiger partial charge in [-0.3, -0.25) is 9.69 Å². The van der Waals surface area contributed by atoms with Crippen LogP contribution in [0.4, 0.5) is 0 Å². The zero-order valence-corrected chi connectivity index (χ0v) is 16.0. The van der Waals surface area contributed by atoms with Crippen LogP contribution in [0.25, 0.3) is 0 Å². The molecule has 5 atom stereocenters. The third-order valence-corrected chi connectivity index (χ3v) is 7.05. The van der Waals surface area contributed by atoms with E-state index in [1.807, 2.05) is 35.2 Å². The lowest BCUT2D eigenvalue weighted by Gasteiger charge is -2.45. The minimum atomic E-state index is -0.770. The van der Waals surface area contributed by atoms with E-state index in [0.29, 0.717) is 30.6 Å². The average molecular weight is 379 g/mol. The number of thioether (sulfide) groups is 1. The Hall–Kier alpha value is -1.08. The van der Waals surface area contributed by atoms with Crippen LogP contribution < -0.4 is 5.73 Å². The van der Waals surface area contributed by atoms with Crippen LogP contribution in [0.2, 0.25) is 0 Å². The van der Waals surface area contributed by atoms with Crippen molar-refractivity contribution in [3.05, 3.63) is 30.3 Å². The number of carboxylic acids is 1. The summed E-state index contributed by atoms with van der Waals surface area (Å²) in [4.78, 5) is 14.8. The van der Waals surface area contributed by atoms with E-state index in [1.54, 1.807) is 11.8 Å². The lowest BCUT2D eigenvalue weighted by Crippen LogP contribution is -2.56. The van der Waals surface area contributed by atoms with Gasteiger partial charge in [0.15, 0.2) is 0 Å². The van der Waals surface area contributed by atoms with Gasteiger partial charge >= 0.3 is 5.97 Å². The molecular formula is C20H30N2O3S. The summed E-state index contributed by atoms with van der Waals surface area (Å²) >= 11 is 1.62. The Kier molecular flexibility index (Phi) is 6.98. The molecular weight excluding hydrogens is 348 g/mol. The SMILES string of the molecule is N[C@@H](CSc1ccccc1)[C@@H](O)CN1C[C@H]2CCCC[C@H]2C[C@H]1C(=O)O. The molecule has 3 rings (SSSR count). The number of aliphatic hydroxyl groups excluding tert-OH is 1. The predicted octanol–water partition coefficient (Wildman–Crippen LogP) is 2.43. The van der Waals surface area contributed by atoms with E-state index in [-0.39, 0.29) is 6.04 Å². The Morgan fingerprint density at radius 3 is 2.62 bits per heavy atom. The number of aliphatic hydroxyl groups is 1. The fourth-order valence-electron chi connectivity index (χ4n) is 4.35. The Balaban J connectivity index is 1.55.